The summed E-state index contributed by atoms with van der Waals surface area (Å²) in [7, 11) is 0. The molecule has 2 N–H and O–H groups in total. The minimum Gasteiger partial charge on any atom is -0.490 e. The molecule has 0 bridgehead atoms. The highest BCUT2D eigenvalue weighted by molar-refractivity contribution is 5.79. The van der Waals surface area contributed by atoms with Gasteiger partial charge in [-0.1, -0.05) is 25.1 Å². The lowest BCUT2D eigenvalue weighted by atomic mass is 9.97. The number of carboxylic acid groups (broad SMARTS) is 1. The standard InChI is InChI=1S/C17H23NO3/c1-2-12-5-3-4-6-15(12)21-14-9-10-17(11-14,16(19)20)18-13-7-8-13/h3-6,13-14,18H,2,7-11H2,1H3,(H,19,20). The Morgan fingerprint density at radius 2 is 2.14 bits per heavy atom. The van der Waals surface area contributed by atoms with Crippen LogP contribution in [0, 0.1) is 0 Å². The normalized spacial score (nSPS) is 28.5. The third-order valence-electron chi connectivity index (χ3n) is 4.58. The second-order valence-electron chi connectivity index (χ2n) is 6.25. The molecule has 3 rings (SSSR count). The fourth-order valence-electron chi connectivity index (χ4n) is 3.20. The van der Waals surface area contributed by atoms with Gasteiger partial charge in [0.2, 0.25) is 0 Å². The van der Waals surface area contributed by atoms with E-state index in [9.17, 15) is 9.90 Å². The van der Waals surface area contributed by atoms with E-state index in [1.165, 1.54) is 5.56 Å². The number of hydrogen-bond donors (Lipinski definition) is 2. The van der Waals surface area contributed by atoms with Crippen molar-refractivity contribution in [2.45, 2.75) is 63.1 Å². The van der Waals surface area contributed by atoms with Crippen molar-refractivity contribution < 1.29 is 14.6 Å². The van der Waals surface area contributed by atoms with Crippen molar-refractivity contribution in [3.8, 4) is 5.75 Å². The lowest BCUT2D eigenvalue weighted by Gasteiger charge is -2.26. The third kappa shape index (κ3) is 3.05. The SMILES string of the molecule is CCc1ccccc1OC1CCC(NC2CC2)(C(=O)O)C1. The summed E-state index contributed by atoms with van der Waals surface area (Å²) in [6.07, 6.45) is 5.10. The Balaban J connectivity index is 1.69. The van der Waals surface area contributed by atoms with Crippen molar-refractivity contribution in [3.05, 3.63) is 29.8 Å². The molecule has 21 heavy (non-hydrogen) atoms. The zero-order valence-electron chi connectivity index (χ0n) is 12.5. The van der Waals surface area contributed by atoms with Crippen molar-refractivity contribution in [1.29, 1.82) is 0 Å². The molecule has 0 spiro atoms. The van der Waals surface area contributed by atoms with Crippen LogP contribution in [0.3, 0.4) is 0 Å². The molecule has 1 aromatic rings. The van der Waals surface area contributed by atoms with Gasteiger partial charge in [0.25, 0.3) is 0 Å². The van der Waals surface area contributed by atoms with Crippen molar-refractivity contribution in [2.24, 2.45) is 0 Å². The molecule has 2 unspecified atom stereocenters. The topological polar surface area (TPSA) is 58.6 Å². The molecule has 0 aliphatic heterocycles. The van der Waals surface area contributed by atoms with Gasteiger partial charge in [0.05, 0.1) is 0 Å². The minimum absolute atomic E-state index is 0.0138. The predicted molar refractivity (Wildman–Crippen MR) is 80.6 cm³/mol. The first kappa shape index (κ1) is 14.4. The Labute approximate surface area is 125 Å². The molecule has 0 heterocycles. The number of nitrogens with one attached hydrogen (secondary N) is 1. The Hall–Kier alpha value is -1.55. The molecule has 2 saturated carbocycles. The number of aryl methyl sites for hydroxylation is 1. The van der Waals surface area contributed by atoms with E-state index in [0.29, 0.717) is 18.9 Å². The minimum atomic E-state index is -0.785. The van der Waals surface area contributed by atoms with Crippen LogP contribution in [0.5, 0.6) is 5.75 Å². The first-order valence-corrected chi connectivity index (χ1v) is 7.88. The zero-order chi connectivity index (χ0) is 14.9. The van der Waals surface area contributed by atoms with E-state index in [-0.39, 0.29) is 6.10 Å². The number of hydrogen-bond acceptors (Lipinski definition) is 3. The van der Waals surface area contributed by atoms with E-state index in [4.69, 9.17) is 4.74 Å². The molecule has 0 saturated heterocycles. The molecule has 2 aliphatic rings. The van der Waals surface area contributed by atoms with Crippen LogP contribution in [0.1, 0.15) is 44.6 Å². The second kappa shape index (κ2) is 5.68. The lowest BCUT2D eigenvalue weighted by Crippen LogP contribution is -2.51. The Morgan fingerprint density at radius 3 is 2.81 bits per heavy atom. The zero-order valence-corrected chi connectivity index (χ0v) is 12.5. The van der Waals surface area contributed by atoms with Gasteiger partial charge in [-0.25, -0.2) is 0 Å². The average Bonchev–Trinajstić information content (AvgIpc) is 3.19. The highest BCUT2D eigenvalue weighted by Crippen LogP contribution is 2.36. The molecule has 4 nitrogen and oxygen atoms in total. The number of ether oxygens (including phenoxy) is 1. The summed E-state index contributed by atoms with van der Waals surface area (Å²) in [5.41, 5.74) is 0.396. The van der Waals surface area contributed by atoms with Crippen LogP contribution in [0.2, 0.25) is 0 Å². The molecule has 4 heteroatoms. The molecule has 1 aromatic carbocycles. The van der Waals surface area contributed by atoms with Gasteiger partial charge in [0.1, 0.15) is 17.4 Å². The van der Waals surface area contributed by atoms with Gasteiger partial charge in [-0.3, -0.25) is 10.1 Å². The van der Waals surface area contributed by atoms with Crippen molar-refractivity contribution in [3.63, 3.8) is 0 Å². The van der Waals surface area contributed by atoms with Crippen molar-refractivity contribution in [1.82, 2.24) is 5.32 Å². The van der Waals surface area contributed by atoms with Crippen LogP contribution in [0.25, 0.3) is 0 Å². The van der Waals surface area contributed by atoms with Crippen LogP contribution in [-0.4, -0.2) is 28.8 Å². The summed E-state index contributed by atoms with van der Waals surface area (Å²) < 4.78 is 6.10. The number of rotatable bonds is 6. The van der Waals surface area contributed by atoms with E-state index < -0.39 is 11.5 Å². The van der Waals surface area contributed by atoms with Crippen LogP contribution >= 0.6 is 0 Å². The summed E-state index contributed by atoms with van der Waals surface area (Å²) in [4.78, 5) is 11.7. The van der Waals surface area contributed by atoms with Crippen molar-refractivity contribution >= 4 is 5.97 Å². The molecule has 0 radical (unpaired) electrons. The van der Waals surface area contributed by atoms with Crippen LogP contribution in [-0.2, 0) is 11.2 Å². The number of benzene rings is 1. The van der Waals surface area contributed by atoms with Crippen LogP contribution in [0.15, 0.2) is 24.3 Å². The first-order chi connectivity index (χ1) is 10.1. The predicted octanol–water partition coefficient (Wildman–Crippen LogP) is 2.76. The first-order valence-electron chi connectivity index (χ1n) is 7.88. The van der Waals surface area contributed by atoms with E-state index >= 15 is 0 Å². The van der Waals surface area contributed by atoms with Gasteiger partial charge in [-0.2, -0.15) is 0 Å². The van der Waals surface area contributed by atoms with Crippen LogP contribution < -0.4 is 10.1 Å². The molecule has 0 amide bonds. The summed E-state index contributed by atoms with van der Waals surface area (Å²) in [6.45, 7) is 2.10. The lowest BCUT2D eigenvalue weighted by molar-refractivity contribution is -0.145. The quantitative estimate of drug-likeness (QED) is 0.845. The largest absolute Gasteiger partial charge is 0.490 e. The average molecular weight is 289 g/mol. The number of carbonyl (C=O) groups is 1. The smallest absolute Gasteiger partial charge is 0.324 e. The monoisotopic (exact) mass is 289 g/mol. The van der Waals surface area contributed by atoms with Crippen LogP contribution in [0.4, 0.5) is 0 Å². The van der Waals surface area contributed by atoms with Gasteiger partial charge < -0.3 is 9.84 Å². The summed E-state index contributed by atoms with van der Waals surface area (Å²) in [5, 5.41) is 12.9. The molecular weight excluding hydrogens is 266 g/mol. The summed E-state index contributed by atoms with van der Waals surface area (Å²) in [6, 6.07) is 8.42. The number of para-hydroxylation sites is 1. The highest BCUT2D eigenvalue weighted by atomic mass is 16.5. The molecule has 2 aliphatic carbocycles. The van der Waals surface area contributed by atoms with Gasteiger partial charge in [0, 0.05) is 12.5 Å². The fourth-order valence-corrected chi connectivity index (χ4v) is 3.20. The maximum absolute atomic E-state index is 11.7. The van der Waals surface area contributed by atoms with Crippen molar-refractivity contribution in [2.75, 3.05) is 0 Å². The molecule has 114 valence electrons. The summed E-state index contributed by atoms with van der Waals surface area (Å²) in [5.74, 6) is 0.168. The Kier molecular flexibility index (Phi) is 3.89. The number of aliphatic carboxylic acids is 1. The number of carboxylic acids is 1. The fraction of sp³-hybridized carbons (Fsp3) is 0.588. The second-order valence-corrected chi connectivity index (χ2v) is 6.25. The molecule has 2 fully saturated rings. The maximum atomic E-state index is 11.7. The van der Waals surface area contributed by atoms with Gasteiger partial charge in [-0.15, -0.1) is 0 Å². The van der Waals surface area contributed by atoms with E-state index in [0.717, 1.165) is 31.4 Å². The van der Waals surface area contributed by atoms with E-state index in [1.807, 2.05) is 18.2 Å². The van der Waals surface area contributed by atoms with Gasteiger partial charge in [0.15, 0.2) is 0 Å². The molecule has 0 aromatic heterocycles. The Bertz CT molecular complexity index is 527. The Morgan fingerprint density at radius 1 is 1.38 bits per heavy atom. The van der Waals surface area contributed by atoms with E-state index in [2.05, 4.69) is 18.3 Å². The summed E-state index contributed by atoms with van der Waals surface area (Å²) >= 11 is 0. The van der Waals surface area contributed by atoms with Gasteiger partial charge in [-0.05, 0) is 43.7 Å². The third-order valence-corrected chi connectivity index (χ3v) is 4.58. The molecule has 2 atom stereocenters. The maximum Gasteiger partial charge on any atom is 0.324 e. The highest BCUT2D eigenvalue weighted by Gasteiger charge is 2.49. The van der Waals surface area contributed by atoms with E-state index in [1.54, 1.807) is 0 Å². The molecular formula is C17H23NO3. The van der Waals surface area contributed by atoms with Gasteiger partial charge >= 0.3 is 5.97 Å².